The molecule has 23 heavy (non-hydrogen) atoms. The van der Waals surface area contributed by atoms with Crippen molar-refractivity contribution in [3.05, 3.63) is 53.6 Å². The maximum Gasteiger partial charge on any atom is 0.238 e. The smallest absolute Gasteiger partial charge is 0.238 e. The van der Waals surface area contributed by atoms with Crippen LogP contribution < -0.4 is 10.5 Å². The van der Waals surface area contributed by atoms with Gasteiger partial charge < -0.3 is 5.32 Å². The molecule has 8 heteroatoms. The number of nitrogens with zero attached hydrogens (tertiary/aromatic N) is 3. The van der Waals surface area contributed by atoms with E-state index in [1.807, 2.05) is 24.4 Å². The summed E-state index contributed by atoms with van der Waals surface area (Å²) in [7, 11) is -3.66. The highest BCUT2D eigenvalue weighted by atomic mass is 32.2. The summed E-state index contributed by atoms with van der Waals surface area (Å²) in [4.78, 5) is 8.93. The fourth-order valence-corrected chi connectivity index (χ4v) is 2.83. The first kappa shape index (κ1) is 15.4. The van der Waals surface area contributed by atoms with Crippen molar-refractivity contribution < 1.29 is 8.42 Å². The number of rotatable bonds is 4. The summed E-state index contributed by atoms with van der Waals surface area (Å²) < 4.78 is 24.5. The molecule has 0 aliphatic rings. The fraction of sp³-hybridized carbons (Fsp3) is 0.200. The van der Waals surface area contributed by atoms with Crippen LogP contribution in [0.4, 0.5) is 5.82 Å². The van der Waals surface area contributed by atoms with Crippen molar-refractivity contribution in [2.45, 2.75) is 25.3 Å². The van der Waals surface area contributed by atoms with Gasteiger partial charge in [-0.15, -0.1) is 0 Å². The van der Waals surface area contributed by atoms with Crippen LogP contribution in [0.5, 0.6) is 0 Å². The van der Waals surface area contributed by atoms with Crippen molar-refractivity contribution >= 4 is 21.5 Å². The van der Waals surface area contributed by atoms with Crippen molar-refractivity contribution in [1.82, 2.24) is 14.4 Å². The van der Waals surface area contributed by atoms with Gasteiger partial charge in [-0.2, -0.15) is 0 Å². The molecule has 0 aliphatic heterocycles. The number of imidazole rings is 1. The zero-order valence-corrected chi connectivity index (χ0v) is 13.6. The highest BCUT2D eigenvalue weighted by Crippen LogP contribution is 2.18. The molecular formula is C15H17N5O2S. The molecule has 2 heterocycles. The maximum absolute atomic E-state index is 11.2. The van der Waals surface area contributed by atoms with E-state index in [0.29, 0.717) is 12.4 Å². The van der Waals surface area contributed by atoms with Crippen molar-refractivity contribution in [2.24, 2.45) is 5.14 Å². The highest BCUT2D eigenvalue weighted by molar-refractivity contribution is 7.89. The Hall–Kier alpha value is -2.45. The third-order valence-electron chi connectivity index (χ3n) is 3.73. The van der Waals surface area contributed by atoms with E-state index in [-0.39, 0.29) is 4.90 Å². The van der Waals surface area contributed by atoms with Crippen molar-refractivity contribution in [3.8, 4) is 0 Å². The fourth-order valence-electron chi connectivity index (χ4n) is 2.32. The molecule has 7 nitrogen and oxygen atoms in total. The Morgan fingerprint density at radius 2 is 1.91 bits per heavy atom. The predicted molar refractivity (Wildman–Crippen MR) is 87.6 cm³/mol. The van der Waals surface area contributed by atoms with Gasteiger partial charge in [-0.05, 0) is 31.5 Å². The normalized spacial score (nSPS) is 11.8. The third kappa shape index (κ3) is 3.03. The van der Waals surface area contributed by atoms with Crippen LogP contribution in [0.2, 0.25) is 0 Å². The van der Waals surface area contributed by atoms with Gasteiger partial charge in [0.1, 0.15) is 0 Å². The third-order valence-corrected chi connectivity index (χ3v) is 4.66. The zero-order valence-electron chi connectivity index (χ0n) is 12.8. The number of anilines is 1. The van der Waals surface area contributed by atoms with Crippen LogP contribution in [-0.4, -0.2) is 22.8 Å². The number of primary sulfonamides is 1. The first-order chi connectivity index (χ1) is 10.9. The quantitative estimate of drug-likeness (QED) is 0.756. The Balaban J connectivity index is 1.82. The maximum atomic E-state index is 11.2. The number of benzene rings is 1. The van der Waals surface area contributed by atoms with Gasteiger partial charge in [0.25, 0.3) is 0 Å². The van der Waals surface area contributed by atoms with Crippen molar-refractivity contribution in [1.29, 1.82) is 0 Å². The summed E-state index contributed by atoms with van der Waals surface area (Å²) >= 11 is 0. The molecule has 0 amide bonds. The average molecular weight is 331 g/mol. The number of fused-ring (bicyclic) bond motifs is 1. The molecule has 3 rings (SSSR count). The lowest BCUT2D eigenvalue weighted by Gasteiger charge is -2.07. The second-order valence-electron chi connectivity index (χ2n) is 5.29. The Bertz CT molecular complexity index is 961. The molecule has 0 saturated heterocycles. The molecule has 3 N–H and O–H groups in total. The summed E-state index contributed by atoms with van der Waals surface area (Å²) in [5.74, 6) is 0.680. The van der Waals surface area contributed by atoms with Crippen LogP contribution in [0, 0.1) is 13.8 Å². The Kier molecular flexibility index (Phi) is 3.78. The molecule has 2 aromatic heterocycles. The predicted octanol–water partition coefficient (Wildman–Crippen LogP) is 1.61. The van der Waals surface area contributed by atoms with Crippen LogP contribution in [-0.2, 0) is 16.6 Å². The number of sulfonamides is 1. The average Bonchev–Trinajstić information content (AvgIpc) is 2.81. The van der Waals surface area contributed by atoms with Crippen LogP contribution >= 0.6 is 0 Å². The number of hydrogen-bond acceptors (Lipinski definition) is 5. The van der Waals surface area contributed by atoms with E-state index in [2.05, 4.69) is 15.3 Å². The molecule has 120 valence electrons. The van der Waals surface area contributed by atoms with Crippen LogP contribution in [0.3, 0.4) is 0 Å². The van der Waals surface area contributed by atoms with E-state index in [1.165, 1.54) is 12.1 Å². The van der Waals surface area contributed by atoms with Gasteiger partial charge in [0, 0.05) is 24.6 Å². The van der Waals surface area contributed by atoms with E-state index in [1.54, 1.807) is 18.3 Å². The molecule has 0 aliphatic carbocycles. The SMILES string of the molecule is Cc1nc2c(NCc3ccc(S(N)(=O)=O)cc3)nccn2c1C. The molecule has 0 fully saturated rings. The largest absolute Gasteiger partial charge is 0.363 e. The summed E-state index contributed by atoms with van der Waals surface area (Å²) in [5.41, 5.74) is 3.71. The molecule has 1 aromatic carbocycles. The minimum Gasteiger partial charge on any atom is -0.363 e. The molecular weight excluding hydrogens is 314 g/mol. The van der Waals surface area contributed by atoms with Gasteiger partial charge in [0.05, 0.1) is 10.6 Å². The lowest BCUT2D eigenvalue weighted by Crippen LogP contribution is -2.12. The number of nitrogens with two attached hydrogens (primary N) is 1. The summed E-state index contributed by atoms with van der Waals surface area (Å²) in [6.07, 6.45) is 3.59. The number of hydrogen-bond donors (Lipinski definition) is 2. The summed E-state index contributed by atoms with van der Waals surface area (Å²) in [6.45, 7) is 4.46. The van der Waals surface area contributed by atoms with Crippen LogP contribution in [0.1, 0.15) is 17.0 Å². The molecule has 0 spiro atoms. The van der Waals surface area contributed by atoms with Crippen molar-refractivity contribution in [2.75, 3.05) is 5.32 Å². The Morgan fingerprint density at radius 3 is 2.57 bits per heavy atom. The second-order valence-corrected chi connectivity index (χ2v) is 6.86. The Morgan fingerprint density at radius 1 is 1.22 bits per heavy atom. The highest BCUT2D eigenvalue weighted by Gasteiger charge is 2.10. The Labute approximate surface area is 134 Å². The summed E-state index contributed by atoms with van der Waals surface area (Å²) in [6, 6.07) is 6.41. The van der Waals surface area contributed by atoms with Gasteiger partial charge in [-0.3, -0.25) is 4.40 Å². The van der Waals surface area contributed by atoms with E-state index in [4.69, 9.17) is 5.14 Å². The van der Waals surface area contributed by atoms with E-state index >= 15 is 0 Å². The van der Waals surface area contributed by atoms with E-state index < -0.39 is 10.0 Å². The van der Waals surface area contributed by atoms with Gasteiger partial charge in [-0.25, -0.2) is 23.5 Å². The standard InChI is InChI=1S/C15H17N5O2S/c1-10-11(2)20-8-7-17-14(15(20)19-10)18-9-12-3-5-13(6-4-12)23(16,21)22/h3-8H,9H2,1-2H3,(H,17,18)(H2,16,21,22). The van der Waals surface area contributed by atoms with Crippen LogP contribution in [0.25, 0.3) is 5.65 Å². The molecule has 0 bridgehead atoms. The molecule has 3 aromatic rings. The van der Waals surface area contributed by atoms with Gasteiger partial charge in [-0.1, -0.05) is 12.1 Å². The first-order valence-corrected chi connectivity index (χ1v) is 8.57. The topological polar surface area (TPSA) is 102 Å². The van der Waals surface area contributed by atoms with Crippen LogP contribution in [0.15, 0.2) is 41.6 Å². The minimum atomic E-state index is -3.66. The second kappa shape index (κ2) is 5.64. The van der Waals surface area contributed by atoms with Crippen molar-refractivity contribution in [3.63, 3.8) is 0 Å². The zero-order chi connectivity index (χ0) is 16.6. The molecule has 0 unspecified atom stereocenters. The van der Waals surface area contributed by atoms with E-state index in [0.717, 1.165) is 22.6 Å². The molecule has 0 radical (unpaired) electrons. The van der Waals surface area contributed by atoms with E-state index in [9.17, 15) is 8.42 Å². The monoisotopic (exact) mass is 331 g/mol. The van der Waals surface area contributed by atoms with Gasteiger partial charge >= 0.3 is 0 Å². The molecule has 0 saturated carbocycles. The van der Waals surface area contributed by atoms with Gasteiger partial charge in [0.2, 0.25) is 10.0 Å². The lowest BCUT2D eigenvalue weighted by atomic mass is 10.2. The van der Waals surface area contributed by atoms with Gasteiger partial charge in [0.15, 0.2) is 11.5 Å². The number of aryl methyl sites for hydroxylation is 2. The first-order valence-electron chi connectivity index (χ1n) is 7.02. The minimum absolute atomic E-state index is 0.0981. The number of aromatic nitrogens is 3. The number of nitrogens with one attached hydrogen (secondary N) is 1. The molecule has 0 atom stereocenters. The lowest BCUT2D eigenvalue weighted by molar-refractivity contribution is 0.598. The summed E-state index contributed by atoms with van der Waals surface area (Å²) in [5, 5.41) is 8.31.